The van der Waals surface area contributed by atoms with Gasteiger partial charge in [-0.1, -0.05) is 24.3 Å². The molecule has 1 unspecified atom stereocenters. The number of hydrogen-bond acceptors (Lipinski definition) is 4. The zero-order valence-corrected chi connectivity index (χ0v) is 14.1. The molecular weight excluding hydrogens is 320 g/mol. The van der Waals surface area contributed by atoms with Gasteiger partial charge < -0.3 is 25.2 Å². The fourth-order valence-electron chi connectivity index (χ4n) is 2.51. The van der Waals surface area contributed by atoms with E-state index in [0.717, 1.165) is 5.56 Å². The Labute approximate surface area is 146 Å². The summed E-state index contributed by atoms with van der Waals surface area (Å²) in [5.41, 5.74) is 1.24. The second kappa shape index (κ2) is 6.86. The molecular formula is C19H20N2O4. The van der Waals surface area contributed by atoms with Crippen LogP contribution in [0.2, 0.25) is 0 Å². The van der Waals surface area contributed by atoms with Crippen LogP contribution in [0.15, 0.2) is 48.5 Å². The van der Waals surface area contributed by atoms with E-state index in [0.29, 0.717) is 22.9 Å². The molecule has 0 bridgehead atoms. The van der Waals surface area contributed by atoms with Crippen LogP contribution in [-0.2, 0) is 0 Å². The van der Waals surface area contributed by atoms with Crippen molar-refractivity contribution in [3.8, 4) is 11.5 Å². The Morgan fingerprint density at radius 1 is 1.24 bits per heavy atom. The molecule has 0 fully saturated rings. The van der Waals surface area contributed by atoms with Gasteiger partial charge in [-0.05, 0) is 31.2 Å². The van der Waals surface area contributed by atoms with Crippen molar-refractivity contribution in [2.45, 2.75) is 12.5 Å². The number of carbonyl (C=O) groups excluding carboxylic acids is 1. The first kappa shape index (κ1) is 16.9. The first-order valence-corrected chi connectivity index (χ1v) is 7.87. The van der Waals surface area contributed by atoms with Crippen molar-refractivity contribution < 1.29 is 19.4 Å². The highest BCUT2D eigenvalue weighted by Crippen LogP contribution is 2.38. The minimum absolute atomic E-state index is 0.134. The SMILES string of the molecule is COc1cc2c(cc1NC(=O)Nc1ccccc1)C=CC(C)(CO)O2. The van der Waals surface area contributed by atoms with Gasteiger partial charge in [-0.2, -0.15) is 0 Å². The molecule has 6 heteroatoms. The number of hydrogen-bond donors (Lipinski definition) is 3. The van der Waals surface area contributed by atoms with Crippen LogP contribution in [0, 0.1) is 0 Å². The normalized spacial score (nSPS) is 18.0. The van der Waals surface area contributed by atoms with Gasteiger partial charge in [-0.15, -0.1) is 0 Å². The summed E-state index contributed by atoms with van der Waals surface area (Å²) in [7, 11) is 1.52. The number of anilines is 2. The number of fused-ring (bicyclic) bond motifs is 1. The summed E-state index contributed by atoms with van der Waals surface area (Å²) in [4.78, 5) is 12.2. The van der Waals surface area contributed by atoms with Crippen molar-refractivity contribution >= 4 is 23.5 Å². The third kappa shape index (κ3) is 3.75. The number of amides is 2. The summed E-state index contributed by atoms with van der Waals surface area (Å²) >= 11 is 0. The van der Waals surface area contributed by atoms with Gasteiger partial charge in [0.25, 0.3) is 0 Å². The van der Waals surface area contributed by atoms with Gasteiger partial charge >= 0.3 is 6.03 Å². The number of methoxy groups -OCH3 is 1. The molecule has 0 aromatic heterocycles. The molecule has 3 N–H and O–H groups in total. The molecule has 0 saturated heterocycles. The van der Waals surface area contributed by atoms with E-state index in [9.17, 15) is 9.90 Å². The van der Waals surface area contributed by atoms with Crippen LogP contribution < -0.4 is 20.1 Å². The van der Waals surface area contributed by atoms with Gasteiger partial charge in [0.1, 0.15) is 17.1 Å². The predicted octanol–water partition coefficient (Wildman–Crippen LogP) is 3.50. The summed E-state index contributed by atoms with van der Waals surface area (Å²) in [6.07, 6.45) is 3.64. The number of benzene rings is 2. The summed E-state index contributed by atoms with van der Waals surface area (Å²) in [6, 6.07) is 12.3. The highest BCUT2D eigenvalue weighted by atomic mass is 16.5. The van der Waals surface area contributed by atoms with Crippen molar-refractivity contribution in [1.29, 1.82) is 0 Å². The molecule has 3 rings (SSSR count). The van der Waals surface area contributed by atoms with E-state index in [4.69, 9.17) is 9.47 Å². The minimum Gasteiger partial charge on any atom is -0.494 e. The van der Waals surface area contributed by atoms with E-state index in [-0.39, 0.29) is 12.6 Å². The summed E-state index contributed by atoms with van der Waals surface area (Å²) in [5, 5.41) is 15.0. The number of carbonyl (C=O) groups is 1. The first-order chi connectivity index (χ1) is 12.0. The number of ether oxygens (including phenoxy) is 2. The minimum atomic E-state index is -0.766. The lowest BCUT2D eigenvalue weighted by molar-refractivity contribution is 0.0639. The van der Waals surface area contributed by atoms with Gasteiger partial charge in [0.2, 0.25) is 0 Å². The van der Waals surface area contributed by atoms with E-state index in [2.05, 4.69) is 10.6 Å². The fraction of sp³-hybridized carbons (Fsp3) is 0.211. The van der Waals surface area contributed by atoms with Crippen LogP contribution in [-0.4, -0.2) is 30.5 Å². The second-order valence-corrected chi connectivity index (χ2v) is 5.94. The molecule has 0 saturated carbocycles. The van der Waals surface area contributed by atoms with Crippen LogP contribution in [0.4, 0.5) is 16.2 Å². The Balaban J connectivity index is 1.82. The molecule has 1 atom stereocenters. The van der Waals surface area contributed by atoms with Gasteiger partial charge in [0.05, 0.1) is 19.4 Å². The molecule has 2 aromatic carbocycles. The van der Waals surface area contributed by atoms with Gasteiger partial charge in [-0.25, -0.2) is 4.79 Å². The lowest BCUT2D eigenvalue weighted by Crippen LogP contribution is -2.35. The first-order valence-electron chi connectivity index (χ1n) is 7.87. The standard InChI is InChI=1S/C19H20N2O4/c1-19(12-22)9-8-13-10-15(17(24-2)11-16(13)25-19)21-18(23)20-14-6-4-3-5-7-14/h3-11,22H,12H2,1-2H3,(H2,20,21,23). The quantitative estimate of drug-likeness (QED) is 0.796. The van der Waals surface area contributed by atoms with Crippen LogP contribution in [0.1, 0.15) is 12.5 Å². The second-order valence-electron chi connectivity index (χ2n) is 5.94. The largest absolute Gasteiger partial charge is 0.494 e. The average molecular weight is 340 g/mol. The molecule has 6 nitrogen and oxygen atoms in total. The highest BCUT2D eigenvalue weighted by molar-refractivity contribution is 6.01. The molecule has 0 spiro atoms. The van der Waals surface area contributed by atoms with Gasteiger partial charge in [-0.3, -0.25) is 0 Å². The van der Waals surface area contributed by atoms with Crippen molar-refractivity contribution in [2.24, 2.45) is 0 Å². The van der Waals surface area contributed by atoms with E-state index >= 15 is 0 Å². The molecule has 0 aliphatic carbocycles. The van der Waals surface area contributed by atoms with E-state index in [1.165, 1.54) is 7.11 Å². The van der Waals surface area contributed by atoms with Crippen molar-refractivity contribution in [1.82, 2.24) is 0 Å². The summed E-state index contributed by atoms with van der Waals surface area (Å²) < 4.78 is 11.2. The summed E-state index contributed by atoms with van der Waals surface area (Å²) in [5.74, 6) is 1.06. The zero-order valence-electron chi connectivity index (χ0n) is 14.1. The van der Waals surface area contributed by atoms with Crippen LogP contribution in [0.25, 0.3) is 6.08 Å². The molecule has 2 aromatic rings. The molecule has 25 heavy (non-hydrogen) atoms. The molecule has 1 aliphatic heterocycles. The van der Waals surface area contributed by atoms with E-state index in [1.54, 1.807) is 37.3 Å². The fourth-order valence-corrected chi connectivity index (χ4v) is 2.51. The highest BCUT2D eigenvalue weighted by Gasteiger charge is 2.27. The van der Waals surface area contributed by atoms with Gasteiger partial charge in [0, 0.05) is 17.3 Å². The Morgan fingerprint density at radius 3 is 2.68 bits per heavy atom. The Bertz CT molecular complexity index is 805. The van der Waals surface area contributed by atoms with Crippen molar-refractivity contribution in [3.05, 3.63) is 54.1 Å². The number of nitrogens with one attached hydrogen (secondary N) is 2. The maximum atomic E-state index is 12.2. The predicted molar refractivity (Wildman–Crippen MR) is 97.2 cm³/mol. The maximum Gasteiger partial charge on any atom is 0.323 e. The van der Waals surface area contributed by atoms with E-state index in [1.807, 2.05) is 24.3 Å². The molecule has 1 heterocycles. The van der Waals surface area contributed by atoms with Crippen LogP contribution in [0.3, 0.4) is 0 Å². The lowest BCUT2D eigenvalue weighted by atomic mass is 10.0. The molecule has 0 radical (unpaired) electrons. The number of aliphatic hydroxyl groups excluding tert-OH is 1. The number of para-hydroxylation sites is 1. The third-order valence-corrected chi connectivity index (χ3v) is 3.88. The lowest BCUT2D eigenvalue weighted by Gasteiger charge is -2.30. The molecule has 1 aliphatic rings. The smallest absolute Gasteiger partial charge is 0.323 e. The van der Waals surface area contributed by atoms with E-state index < -0.39 is 5.60 Å². The average Bonchev–Trinajstić information content (AvgIpc) is 2.62. The third-order valence-electron chi connectivity index (χ3n) is 3.88. The number of aliphatic hydroxyl groups is 1. The summed E-state index contributed by atoms with van der Waals surface area (Å²) in [6.45, 7) is 1.66. The number of urea groups is 1. The maximum absolute atomic E-state index is 12.2. The Hall–Kier alpha value is -2.99. The molecule has 2 amide bonds. The zero-order chi connectivity index (χ0) is 17.9. The van der Waals surface area contributed by atoms with Crippen molar-refractivity contribution in [2.75, 3.05) is 24.4 Å². The van der Waals surface area contributed by atoms with Gasteiger partial charge in [0.15, 0.2) is 0 Å². The monoisotopic (exact) mass is 340 g/mol. The molecule has 130 valence electrons. The Morgan fingerprint density at radius 2 is 2.00 bits per heavy atom. The topological polar surface area (TPSA) is 79.8 Å². The van der Waals surface area contributed by atoms with Crippen molar-refractivity contribution in [3.63, 3.8) is 0 Å². The number of rotatable bonds is 4. The van der Waals surface area contributed by atoms with Crippen LogP contribution >= 0.6 is 0 Å². The Kier molecular flexibility index (Phi) is 4.63. The van der Waals surface area contributed by atoms with Crippen LogP contribution in [0.5, 0.6) is 11.5 Å².